The van der Waals surface area contributed by atoms with Gasteiger partial charge in [0.05, 0.1) is 0 Å². The predicted molar refractivity (Wildman–Crippen MR) is 113 cm³/mol. The number of pyridine rings is 1. The van der Waals surface area contributed by atoms with Gasteiger partial charge in [-0.15, -0.1) is 0 Å². The van der Waals surface area contributed by atoms with E-state index in [4.69, 9.17) is 0 Å². The van der Waals surface area contributed by atoms with Crippen molar-refractivity contribution in [3.05, 3.63) is 88.7 Å². The Hall–Kier alpha value is -3.80. The first kappa shape index (κ1) is 19.9. The van der Waals surface area contributed by atoms with Crippen molar-refractivity contribution >= 4 is 29.0 Å². The number of rotatable bonds is 5. The minimum Gasteiger partial charge on any atom is -0.322 e. The second kappa shape index (κ2) is 8.48. The van der Waals surface area contributed by atoms with Gasteiger partial charge in [0.2, 0.25) is 0 Å². The van der Waals surface area contributed by atoms with Crippen LogP contribution in [0.4, 0.5) is 11.4 Å². The molecule has 0 spiro atoms. The lowest BCUT2D eigenvalue weighted by atomic mass is 10.1. The molecular formula is C23H21N3O3. The summed E-state index contributed by atoms with van der Waals surface area (Å²) in [6.07, 6.45) is 1.42. The quantitative estimate of drug-likeness (QED) is 0.635. The van der Waals surface area contributed by atoms with Crippen molar-refractivity contribution in [2.24, 2.45) is 0 Å². The van der Waals surface area contributed by atoms with Gasteiger partial charge in [0.15, 0.2) is 5.78 Å². The van der Waals surface area contributed by atoms with Crippen LogP contribution in [0.3, 0.4) is 0 Å². The molecule has 0 saturated carbocycles. The fourth-order valence-corrected chi connectivity index (χ4v) is 2.83. The molecule has 0 fully saturated rings. The fourth-order valence-electron chi connectivity index (χ4n) is 2.83. The summed E-state index contributed by atoms with van der Waals surface area (Å²) >= 11 is 0. The van der Waals surface area contributed by atoms with Gasteiger partial charge in [-0.25, -0.2) is 0 Å². The lowest BCUT2D eigenvalue weighted by Crippen LogP contribution is -2.17. The third kappa shape index (κ3) is 4.93. The SMILES string of the molecule is CC(=O)c1ccc(NC(=O)c2ccnc(C(=O)Nc3ccc(C)cc3C)c2)cc1. The Morgan fingerprint density at radius 3 is 2.17 bits per heavy atom. The molecule has 0 bridgehead atoms. The zero-order chi connectivity index (χ0) is 21.0. The lowest BCUT2D eigenvalue weighted by molar-refractivity contribution is 0.100. The fraction of sp³-hybridized carbons (Fsp3) is 0.130. The normalized spacial score (nSPS) is 10.3. The number of hydrogen-bond donors (Lipinski definition) is 2. The van der Waals surface area contributed by atoms with Crippen molar-refractivity contribution in [2.45, 2.75) is 20.8 Å². The van der Waals surface area contributed by atoms with Gasteiger partial charge in [0, 0.05) is 28.7 Å². The zero-order valence-corrected chi connectivity index (χ0v) is 16.4. The Balaban J connectivity index is 1.73. The molecule has 0 atom stereocenters. The van der Waals surface area contributed by atoms with Crippen molar-refractivity contribution < 1.29 is 14.4 Å². The number of carbonyl (C=O) groups is 3. The molecule has 29 heavy (non-hydrogen) atoms. The molecule has 0 aliphatic rings. The molecule has 1 aromatic heterocycles. The lowest BCUT2D eigenvalue weighted by Gasteiger charge is -2.10. The van der Waals surface area contributed by atoms with E-state index in [1.54, 1.807) is 24.3 Å². The maximum Gasteiger partial charge on any atom is 0.274 e. The second-order valence-electron chi connectivity index (χ2n) is 6.79. The molecule has 0 aliphatic heterocycles. The molecule has 6 heteroatoms. The molecule has 1 heterocycles. The van der Waals surface area contributed by atoms with E-state index in [0.717, 1.165) is 11.1 Å². The van der Waals surface area contributed by atoms with E-state index in [2.05, 4.69) is 15.6 Å². The largest absolute Gasteiger partial charge is 0.322 e. The van der Waals surface area contributed by atoms with Gasteiger partial charge in [-0.2, -0.15) is 0 Å². The molecule has 3 aromatic rings. The zero-order valence-electron chi connectivity index (χ0n) is 16.4. The molecule has 6 nitrogen and oxygen atoms in total. The van der Waals surface area contributed by atoms with E-state index in [-0.39, 0.29) is 17.4 Å². The third-order valence-corrected chi connectivity index (χ3v) is 4.43. The molecule has 2 amide bonds. The number of anilines is 2. The number of amides is 2. The Morgan fingerprint density at radius 1 is 0.793 bits per heavy atom. The van der Waals surface area contributed by atoms with E-state index in [1.807, 2.05) is 32.0 Å². The van der Waals surface area contributed by atoms with Gasteiger partial charge in [-0.3, -0.25) is 19.4 Å². The number of aromatic nitrogens is 1. The Kier molecular flexibility index (Phi) is 5.83. The number of ketones is 1. The summed E-state index contributed by atoms with van der Waals surface area (Å²) in [5, 5.41) is 5.57. The van der Waals surface area contributed by atoms with Crippen LogP contribution in [0.25, 0.3) is 0 Å². The smallest absolute Gasteiger partial charge is 0.274 e. The highest BCUT2D eigenvalue weighted by Gasteiger charge is 2.13. The van der Waals surface area contributed by atoms with Gasteiger partial charge >= 0.3 is 0 Å². The average Bonchev–Trinajstić information content (AvgIpc) is 2.70. The molecule has 2 aromatic carbocycles. The Labute approximate surface area is 169 Å². The Bertz CT molecular complexity index is 1090. The number of hydrogen-bond acceptors (Lipinski definition) is 4. The molecule has 2 N–H and O–H groups in total. The number of nitrogens with zero attached hydrogens (tertiary/aromatic N) is 1. The minimum absolute atomic E-state index is 0.0449. The highest BCUT2D eigenvalue weighted by molar-refractivity contribution is 6.08. The summed E-state index contributed by atoms with van der Waals surface area (Å²) in [7, 11) is 0. The molecular weight excluding hydrogens is 366 g/mol. The van der Waals surface area contributed by atoms with E-state index in [1.165, 1.54) is 25.3 Å². The predicted octanol–water partition coefficient (Wildman–Crippen LogP) is 4.41. The monoisotopic (exact) mass is 387 g/mol. The van der Waals surface area contributed by atoms with Crippen LogP contribution < -0.4 is 10.6 Å². The summed E-state index contributed by atoms with van der Waals surface area (Å²) in [5.74, 6) is -0.808. The first-order chi connectivity index (χ1) is 13.8. The highest BCUT2D eigenvalue weighted by Crippen LogP contribution is 2.17. The molecule has 0 saturated heterocycles. The number of aryl methyl sites for hydroxylation is 2. The standard InChI is InChI=1S/C23H21N3O3/c1-14-4-9-20(15(2)12-14)26-23(29)21-13-18(10-11-24-21)22(28)25-19-7-5-17(6-8-19)16(3)27/h4-13H,1-3H3,(H,25,28)(H,26,29). The second-order valence-corrected chi connectivity index (χ2v) is 6.79. The molecule has 0 unspecified atom stereocenters. The summed E-state index contributed by atoms with van der Waals surface area (Å²) < 4.78 is 0. The summed E-state index contributed by atoms with van der Waals surface area (Å²) in [6.45, 7) is 5.38. The van der Waals surface area contributed by atoms with E-state index in [9.17, 15) is 14.4 Å². The number of Topliss-reactive ketones (excluding diaryl/α,β-unsaturated/α-hetero) is 1. The summed E-state index contributed by atoms with van der Waals surface area (Å²) in [4.78, 5) is 40.5. The first-order valence-corrected chi connectivity index (χ1v) is 9.10. The van der Waals surface area contributed by atoms with Crippen LogP contribution in [0.5, 0.6) is 0 Å². The molecule has 3 rings (SSSR count). The van der Waals surface area contributed by atoms with Crippen LogP contribution in [-0.2, 0) is 0 Å². The van der Waals surface area contributed by atoms with E-state index in [0.29, 0.717) is 22.5 Å². The maximum atomic E-state index is 12.5. The van der Waals surface area contributed by atoms with Crippen molar-refractivity contribution in [3.8, 4) is 0 Å². The number of carbonyl (C=O) groups excluding carboxylic acids is 3. The molecule has 0 radical (unpaired) electrons. The van der Waals surface area contributed by atoms with Crippen LogP contribution in [0.15, 0.2) is 60.8 Å². The topological polar surface area (TPSA) is 88.2 Å². The van der Waals surface area contributed by atoms with E-state index >= 15 is 0 Å². The van der Waals surface area contributed by atoms with Crippen LogP contribution in [0.2, 0.25) is 0 Å². The van der Waals surface area contributed by atoms with Crippen molar-refractivity contribution in [1.82, 2.24) is 4.98 Å². The van der Waals surface area contributed by atoms with E-state index < -0.39 is 5.91 Å². The minimum atomic E-state index is -0.391. The van der Waals surface area contributed by atoms with Crippen LogP contribution in [0.1, 0.15) is 49.3 Å². The molecule has 146 valence electrons. The van der Waals surface area contributed by atoms with Crippen LogP contribution in [0, 0.1) is 13.8 Å². The summed E-state index contributed by atoms with van der Waals surface area (Å²) in [5.41, 5.74) is 4.32. The van der Waals surface area contributed by atoms with Gasteiger partial charge in [0.1, 0.15) is 5.69 Å². The third-order valence-electron chi connectivity index (χ3n) is 4.43. The van der Waals surface area contributed by atoms with Gasteiger partial charge in [0.25, 0.3) is 11.8 Å². The summed E-state index contributed by atoms with van der Waals surface area (Å²) in [6, 6.07) is 15.3. The van der Waals surface area contributed by atoms with Crippen LogP contribution >= 0.6 is 0 Å². The number of nitrogens with one attached hydrogen (secondary N) is 2. The highest BCUT2D eigenvalue weighted by atomic mass is 16.2. The maximum absolute atomic E-state index is 12.5. The van der Waals surface area contributed by atoms with Crippen molar-refractivity contribution in [3.63, 3.8) is 0 Å². The number of benzene rings is 2. The Morgan fingerprint density at radius 2 is 1.52 bits per heavy atom. The van der Waals surface area contributed by atoms with Crippen molar-refractivity contribution in [1.29, 1.82) is 0 Å². The van der Waals surface area contributed by atoms with Gasteiger partial charge in [-0.05, 0) is 68.8 Å². The van der Waals surface area contributed by atoms with Crippen LogP contribution in [-0.4, -0.2) is 22.6 Å². The van der Waals surface area contributed by atoms with Gasteiger partial charge in [-0.1, -0.05) is 17.7 Å². The molecule has 0 aliphatic carbocycles. The van der Waals surface area contributed by atoms with Gasteiger partial charge < -0.3 is 10.6 Å². The van der Waals surface area contributed by atoms with Crippen molar-refractivity contribution in [2.75, 3.05) is 10.6 Å². The average molecular weight is 387 g/mol. The first-order valence-electron chi connectivity index (χ1n) is 9.10.